The summed E-state index contributed by atoms with van der Waals surface area (Å²) < 4.78 is 0. The number of rotatable bonds is 2. The Balaban J connectivity index is 2.23. The average Bonchev–Trinajstić information content (AvgIpc) is 2.56. The van der Waals surface area contributed by atoms with Crippen LogP contribution in [0.15, 0.2) is 18.3 Å². The minimum atomic E-state index is 0.514. The van der Waals surface area contributed by atoms with Crippen molar-refractivity contribution in [1.82, 2.24) is 25.2 Å². The van der Waals surface area contributed by atoms with E-state index in [9.17, 15) is 0 Å². The maximum atomic E-state index is 5.68. The average molecular weight is 190 g/mol. The molecule has 72 valence electrons. The lowest BCUT2D eigenvalue weighted by Gasteiger charge is -1.99. The van der Waals surface area contributed by atoms with E-state index in [1.807, 2.05) is 12.1 Å². The SMILES string of the molecule is Cn1nnc(Cc2cccnc2N)n1. The van der Waals surface area contributed by atoms with Crippen molar-refractivity contribution in [3.05, 3.63) is 29.7 Å². The lowest BCUT2D eigenvalue weighted by atomic mass is 10.2. The second-order valence-corrected chi connectivity index (χ2v) is 2.92. The zero-order chi connectivity index (χ0) is 9.97. The van der Waals surface area contributed by atoms with Crippen LogP contribution in [0.25, 0.3) is 0 Å². The molecule has 0 aliphatic carbocycles. The van der Waals surface area contributed by atoms with Crippen LogP contribution < -0.4 is 5.73 Å². The summed E-state index contributed by atoms with van der Waals surface area (Å²) in [6, 6.07) is 3.74. The van der Waals surface area contributed by atoms with Crippen molar-refractivity contribution in [3.8, 4) is 0 Å². The third kappa shape index (κ3) is 1.68. The monoisotopic (exact) mass is 190 g/mol. The summed E-state index contributed by atoms with van der Waals surface area (Å²) in [5.74, 6) is 1.16. The van der Waals surface area contributed by atoms with Gasteiger partial charge in [-0.3, -0.25) is 0 Å². The first-order valence-corrected chi connectivity index (χ1v) is 4.18. The Morgan fingerprint density at radius 3 is 3.00 bits per heavy atom. The molecule has 6 nitrogen and oxygen atoms in total. The van der Waals surface area contributed by atoms with Gasteiger partial charge >= 0.3 is 0 Å². The smallest absolute Gasteiger partial charge is 0.179 e. The molecular weight excluding hydrogens is 180 g/mol. The number of anilines is 1. The van der Waals surface area contributed by atoms with Gasteiger partial charge in [0, 0.05) is 18.2 Å². The molecular formula is C8H10N6. The molecule has 0 spiro atoms. The molecule has 2 heterocycles. The van der Waals surface area contributed by atoms with E-state index in [-0.39, 0.29) is 0 Å². The summed E-state index contributed by atoms with van der Waals surface area (Å²) in [7, 11) is 1.73. The predicted octanol–water partition coefficient (Wildman–Crippen LogP) is -0.222. The fourth-order valence-electron chi connectivity index (χ4n) is 1.16. The van der Waals surface area contributed by atoms with Crippen LogP contribution in [0.1, 0.15) is 11.4 Å². The van der Waals surface area contributed by atoms with Crippen molar-refractivity contribution >= 4 is 5.82 Å². The van der Waals surface area contributed by atoms with E-state index < -0.39 is 0 Å². The van der Waals surface area contributed by atoms with Gasteiger partial charge in [0.15, 0.2) is 5.82 Å². The predicted molar refractivity (Wildman–Crippen MR) is 50.3 cm³/mol. The van der Waals surface area contributed by atoms with Crippen molar-refractivity contribution < 1.29 is 0 Å². The van der Waals surface area contributed by atoms with E-state index >= 15 is 0 Å². The van der Waals surface area contributed by atoms with Gasteiger partial charge in [-0.2, -0.15) is 4.80 Å². The summed E-state index contributed by atoms with van der Waals surface area (Å²) in [4.78, 5) is 5.40. The van der Waals surface area contributed by atoms with Crippen LogP contribution >= 0.6 is 0 Å². The third-order valence-corrected chi connectivity index (χ3v) is 1.82. The zero-order valence-electron chi connectivity index (χ0n) is 7.75. The molecule has 0 radical (unpaired) electrons. The topological polar surface area (TPSA) is 82.5 Å². The van der Waals surface area contributed by atoms with Gasteiger partial charge in [0.1, 0.15) is 5.82 Å². The first-order chi connectivity index (χ1) is 6.75. The Morgan fingerprint density at radius 2 is 2.36 bits per heavy atom. The number of hydrogen-bond acceptors (Lipinski definition) is 5. The molecule has 0 saturated heterocycles. The number of aromatic nitrogens is 5. The van der Waals surface area contributed by atoms with E-state index in [0.717, 1.165) is 5.56 Å². The molecule has 2 rings (SSSR count). The Morgan fingerprint density at radius 1 is 1.50 bits per heavy atom. The number of hydrogen-bond donors (Lipinski definition) is 1. The zero-order valence-corrected chi connectivity index (χ0v) is 7.75. The van der Waals surface area contributed by atoms with Gasteiger partial charge in [-0.1, -0.05) is 6.07 Å². The lowest BCUT2D eigenvalue weighted by molar-refractivity contribution is 0.628. The van der Waals surface area contributed by atoms with Gasteiger partial charge in [0.2, 0.25) is 0 Å². The highest BCUT2D eigenvalue weighted by Crippen LogP contribution is 2.09. The molecule has 0 unspecified atom stereocenters. The maximum absolute atomic E-state index is 5.68. The molecule has 14 heavy (non-hydrogen) atoms. The number of aryl methyl sites for hydroxylation is 1. The summed E-state index contributed by atoms with van der Waals surface area (Å²) in [6.45, 7) is 0. The standard InChI is InChI=1S/C8H10N6/c1-14-12-7(11-13-14)5-6-3-2-4-10-8(6)9/h2-4H,5H2,1H3,(H2,9,10). The molecule has 2 N–H and O–H groups in total. The largest absolute Gasteiger partial charge is 0.383 e. The summed E-state index contributed by atoms with van der Waals surface area (Å²) in [6.07, 6.45) is 2.22. The normalized spacial score (nSPS) is 10.4. The molecule has 2 aromatic rings. The van der Waals surface area contributed by atoms with E-state index in [4.69, 9.17) is 5.73 Å². The quantitative estimate of drug-likeness (QED) is 0.707. The van der Waals surface area contributed by atoms with Gasteiger partial charge in [-0.05, 0) is 11.3 Å². The van der Waals surface area contributed by atoms with Gasteiger partial charge in [0.25, 0.3) is 0 Å². The van der Waals surface area contributed by atoms with Crippen LogP contribution in [-0.4, -0.2) is 25.2 Å². The summed E-state index contributed by atoms with van der Waals surface area (Å²) in [5.41, 5.74) is 6.60. The number of nitrogens with two attached hydrogens (primary N) is 1. The van der Waals surface area contributed by atoms with Crippen LogP contribution in [-0.2, 0) is 13.5 Å². The van der Waals surface area contributed by atoms with Crippen LogP contribution in [0.3, 0.4) is 0 Å². The Labute approximate surface area is 80.8 Å². The van der Waals surface area contributed by atoms with Crippen molar-refractivity contribution in [1.29, 1.82) is 0 Å². The third-order valence-electron chi connectivity index (χ3n) is 1.82. The van der Waals surface area contributed by atoms with E-state index in [0.29, 0.717) is 18.1 Å². The Kier molecular flexibility index (Phi) is 2.10. The van der Waals surface area contributed by atoms with Crippen molar-refractivity contribution in [2.24, 2.45) is 7.05 Å². The lowest BCUT2D eigenvalue weighted by Crippen LogP contribution is -2.00. The van der Waals surface area contributed by atoms with E-state index in [1.165, 1.54) is 4.80 Å². The van der Waals surface area contributed by atoms with Gasteiger partial charge < -0.3 is 5.73 Å². The molecule has 0 saturated carbocycles. The number of pyridine rings is 1. The molecule has 0 bridgehead atoms. The molecule has 0 atom stereocenters. The molecule has 0 aromatic carbocycles. The molecule has 0 fully saturated rings. The van der Waals surface area contributed by atoms with Gasteiger partial charge in [0.05, 0.1) is 7.05 Å². The van der Waals surface area contributed by atoms with Crippen LogP contribution in [0.2, 0.25) is 0 Å². The van der Waals surface area contributed by atoms with Crippen LogP contribution in [0, 0.1) is 0 Å². The molecule has 0 amide bonds. The molecule has 0 aliphatic rings. The second-order valence-electron chi connectivity index (χ2n) is 2.92. The van der Waals surface area contributed by atoms with Crippen LogP contribution in [0.5, 0.6) is 0 Å². The minimum Gasteiger partial charge on any atom is -0.383 e. The number of nitrogens with zero attached hydrogens (tertiary/aromatic N) is 5. The second kappa shape index (κ2) is 3.41. The molecule has 0 aliphatic heterocycles. The first kappa shape index (κ1) is 8.61. The van der Waals surface area contributed by atoms with Crippen molar-refractivity contribution in [2.75, 3.05) is 5.73 Å². The van der Waals surface area contributed by atoms with Crippen molar-refractivity contribution in [2.45, 2.75) is 6.42 Å². The van der Waals surface area contributed by atoms with Crippen molar-refractivity contribution in [3.63, 3.8) is 0 Å². The van der Waals surface area contributed by atoms with Gasteiger partial charge in [-0.15, -0.1) is 10.2 Å². The molecule has 6 heteroatoms. The highest BCUT2D eigenvalue weighted by molar-refractivity contribution is 5.39. The maximum Gasteiger partial charge on any atom is 0.179 e. The Hall–Kier alpha value is -1.98. The summed E-state index contributed by atoms with van der Waals surface area (Å²) >= 11 is 0. The number of tetrazole rings is 1. The minimum absolute atomic E-state index is 0.514. The summed E-state index contributed by atoms with van der Waals surface area (Å²) in [5, 5.41) is 11.7. The fraction of sp³-hybridized carbons (Fsp3) is 0.250. The van der Waals surface area contributed by atoms with Crippen LogP contribution in [0.4, 0.5) is 5.82 Å². The number of nitrogen functional groups attached to an aromatic ring is 1. The molecule has 2 aromatic heterocycles. The highest BCUT2D eigenvalue weighted by Gasteiger charge is 2.05. The first-order valence-electron chi connectivity index (χ1n) is 4.18. The fourth-order valence-corrected chi connectivity index (χ4v) is 1.16. The Bertz CT molecular complexity index is 435. The van der Waals surface area contributed by atoms with E-state index in [1.54, 1.807) is 13.2 Å². The highest BCUT2D eigenvalue weighted by atomic mass is 15.6. The van der Waals surface area contributed by atoms with Gasteiger partial charge in [-0.25, -0.2) is 4.98 Å². The van der Waals surface area contributed by atoms with E-state index in [2.05, 4.69) is 20.4 Å².